The first-order chi connectivity index (χ1) is 3.95. The molecule has 2 bridgehead atoms. The Morgan fingerprint density at radius 1 is 1.00 bits per heavy atom. The van der Waals surface area contributed by atoms with E-state index in [2.05, 4.69) is 0 Å². The minimum Gasteiger partial charge on any atom is -0.381 e. The number of ether oxygens (including phenoxy) is 1. The number of hydrogen-bond acceptors (Lipinski definition) is 1. The van der Waals surface area contributed by atoms with Gasteiger partial charge in [0.1, 0.15) is 0 Å². The van der Waals surface area contributed by atoms with Gasteiger partial charge in [-0.2, -0.15) is 0 Å². The van der Waals surface area contributed by atoms with Gasteiger partial charge in [-0.1, -0.05) is 0 Å². The van der Waals surface area contributed by atoms with Crippen molar-refractivity contribution in [1.82, 2.24) is 0 Å². The lowest BCUT2D eigenvalue weighted by molar-refractivity contribution is 0.0477. The molecule has 1 aliphatic heterocycles. The summed E-state index contributed by atoms with van der Waals surface area (Å²) in [6.45, 7) is 2.10. The first kappa shape index (κ1) is 4.80. The summed E-state index contributed by atoms with van der Waals surface area (Å²) in [7, 11) is 0. The van der Waals surface area contributed by atoms with Crippen LogP contribution < -0.4 is 0 Å². The van der Waals surface area contributed by atoms with Crippen LogP contribution in [0.1, 0.15) is 19.3 Å². The molecule has 0 N–H and O–H groups in total. The summed E-state index contributed by atoms with van der Waals surface area (Å²) in [4.78, 5) is 0. The van der Waals surface area contributed by atoms with Gasteiger partial charge in [0.2, 0.25) is 0 Å². The molecule has 1 saturated heterocycles. The molecule has 2 atom stereocenters. The van der Waals surface area contributed by atoms with Crippen molar-refractivity contribution in [1.29, 1.82) is 0 Å². The molecule has 0 aromatic carbocycles. The van der Waals surface area contributed by atoms with E-state index in [0.717, 1.165) is 25.0 Å². The second-order valence-corrected chi connectivity index (χ2v) is 3.08. The Bertz CT molecular complexity index is 76.4. The van der Waals surface area contributed by atoms with E-state index in [4.69, 9.17) is 4.74 Å². The maximum Gasteiger partial charge on any atom is 0.0494 e. The third kappa shape index (κ3) is 0.655. The fourth-order valence-corrected chi connectivity index (χ4v) is 1.88. The topological polar surface area (TPSA) is 9.23 Å². The first-order valence-corrected chi connectivity index (χ1v) is 3.53. The van der Waals surface area contributed by atoms with Crippen molar-refractivity contribution in [3.05, 3.63) is 0 Å². The Kier molecular flexibility index (Phi) is 1.04. The van der Waals surface area contributed by atoms with Gasteiger partial charge in [-0.3, -0.25) is 0 Å². The zero-order valence-corrected chi connectivity index (χ0v) is 5.10. The first-order valence-electron chi connectivity index (χ1n) is 3.53. The lowest BCUT2D eigenvalue weighted by Gasteiger charge is -2.17. The van der Waals surface area contributed by atoms with E-state index in [-0.39, 0.29) is 0 Å². The third-order valence-electron chi connectivity index (χ3n) is 2.36. The summed E-state index contributed by atoms with van der Waals surface area (Å²) in [5.74, 6) is 1.88. The molecule has 0 aromatic rings. The van der Waals surface area contributed by atoms with Crippen molar-refractivity contribution in [2.75, 3.05) is 13.2 Å². The van der Waals surface area contributed by atoms with Crippen LogP contribution in [0.2, 0.25) is 0 Å². The molecule has 1 heterocycles. The molecule has 2 aliphatic rings. The zero-order chi connectivity index (χ0) is 5.40. The second-order valence-electron chi connectivity index (χ2n) is 3.08. The van der Waals surface area contributed by atoms with E-state index >= 15 is 0 Å². The molecule has 0 amide bonds. The average molecular weight is 112 g/mol. The van der Waals surface area contributed by atoms with Crippen LogP contribution in [0.25, 0.3) is 0 Å². The van der Waals surface area contributed by atoms with Crippen LogP contribution >= 0.6 is 0 Å². The Labute approximate surface area is 50.0 Å². The van der Waals surface area contributed by atoms with Crippen LogP contribution in [0.5, 0.6) is 0 Å². The predicted molar refractivity (Wildman–Crippen MR) is 31.6 cm³/mol. The summed E-state index contributed by atoms with van der Waals surface area (Å²) in [6, 6.07) is 0. The van der Waals surface area contributed by atoms with E-state index < -0.39 is 0 Å². The monoisotopic (exact) mass is 112 g/mol. The van der Waals surface area contributed by atoms with E-state index in [9.17, 15) is 0 Å². The minimum atomic E-state index is 0.939. The molecule has 0 aromatic heterocycles. The van der Waals surface area contributed by atoms with Crippen molar-refractivity contribution in [2.24, 2.45) is 11.8 Å². The Balaban J connectivity index is 2.03. The van der Waals surface area contributed by atoms with Crippen molar-refractivity contribution < 1.29 is 4.74 Å². The van der Waals surface area contributed by atoms with Gasteiger partial charge in [0, 0.05) is 13.2 Å². The fraction of sp³-hybridized carbons (Fsp3) is 1.00. The average Bonchev–Trinajstić information content (AvgIpc) is 2.12. The Morgan fingerprint density at radius 2 is 1.62 bits per heavy atom. The van der Waals surface area contributed by atoms with Gasteiger partial charge >= 0.3 is 0 Å². The minimum absolute atomic E-state index is 0.939. The Morgan fingerprint density at radius 3 is 2.12 bits per heavy atom. The van der Waals surface area contributed by atoms with Gasteiger partial charge in [0.05, 0.1) is 0 Å². The van der Waals surface area contributed by atoms with E-state index in [1.165, 1.54) is 19.3 Å². The molecule has 1 saturated carbocycles. The second kappa shape index (κ2) is 1.73. The number of fused-ring (bicyclic) bond motifs is 2. The van der Waals surface area contributed by atoms with Gasteiger partial charge in [-0.15, -0.1) is 0 Å². The van der Waals surface area contributed by atoms with Gasteiger partial charge in [0.15, 0.2) is 0 Å². The van der Waals surface area contributed by atoms with E-state index in [0.29, 0.717) is 0 Å². The van der Waals surface area contributed by atoms with Gasteiger partial charge < -0.3 is 4.74 Å². The van der Waals surface area contributed by atoms with E-state index in [1.807, 2.05) is 0 Å². The molecule has 8 heavy (non-hydrogen) atoms. The largest absolute Gasteiger partial charge is 0.381 e. The van der Waals surface area contributed by atoms with Crippen molar-refractivity contribution in [3.8, 4) is 0 Å². The van der Waals surface area contributed by atoms with Crippen LogP contribution in [-0.4, -0.2) is 13.2 Å². The van der Waals surface area contributed by atoms with Crippen LogP contribution in [0.4, 0.5) is 0 Å². The molecule has 2 unspecified atom stereocenters. The highest BCUT2D eigenvalue weighted by molar-refractivity contribution is 4.78. The maximum absolute atomic E-state index is 5.36. The fourth-order valence-electron chi connectivity index (χ4n) is 1.88. The lowest BCUT2D eigenvalue weighted by Crippen LogP contribution is -2.16. The Hall–Kier alpha value is -0.0400. The summed E-state index contributed by atoms with van der Waals surface area (Å²) >= 11 is 0. The highest BCUT2D eigenvalue weighted by atomic mass is 16.5. The van der Waals surface area contributed by atoms with Gasteiger partial charge in [-0.25, -0.2) is 0 Å². The molecule has 2 rings (SSSR count). The molecular weight excluding hydrogens is 100 g/mol. The molecule has 0 spiro atoms. The molecular formula is C7H12O. The third-order valence-corrected chi connectivity index (χ3v) is 2.36. The molecule has 1 aliphatic carbocycles. The van der Waals surface area contributed by atoms with Crippen LogP contribution in [0, 0.1) is 11.8 Å². The van der Waals surface area contributed by atoms with Crippen molar-refractivity contribution >= 4 is 0 Å². The molecule has 0 radical (unpaired) electrons. The quantitative estimate of drug-likeness (QED) is 0.460. The summed E-state index contributed by atoms with van der Waals surface area (Å²) in [6.07, 6.45) is 4.33. The summed E-state index contributed by atoms with van der Waals surface area (Å²) in [5, 5.41) is 0. The van der Waals surface area contributed by atoms with Gasteiger partial charge in [-0.05, 0) is 31.1 Å². The zero-order valence-electron chi connectivity index (χ0n) is 5.10. The van der Waals surface area contributed by atoms with Gasteiger partial charge in [0.25, 0.3) is 0 Å². The highest BCUT2D eigenvalue weighted by Gasteiger charge is 2.28. The van der Waals surface area contributed by atoms with Crippen LogP contribution in [0.3, 0.4) is 0 Å². The maximum atomic E-state index is 5.36. The van der Waals surface area contributed by atoms with Crippen molar-refractivity contribution in [2.45, 2.75) is 19.3 Å². The lowest BCUT2D eigenvalue weighted by atomic mass is 10.0. The SMILES string of the molecule is C1CC2COCC1C2. The molecule has 1 heteroatoms. The summed E-state index contributed by atoms with van der Waals surface area (Å²) < 4.78 is 5.36. The summed E-state index contributed by atoms with van der Waals surface area (Å²) in [5.41, 5.74) is 0. The van der Waals surface area contributed by atoms with Crippen LogP contribution in [0.15, 0.2) is 0 Å². The van der Waals surface area contributed by atoms with Crippen LogP contribution in [-0.2, 0) is 4.74 Å². The van der Waals surface area contributed by atoms with E-state index in [1.54, 1.807) is 0 Å². The number of hydrogen-bond donors (Lipinski definition) is 0. The normalized spacial score (nSPS) is 45.0. The highest BCUT2D eigenvalue weighted by Crippen LogP contribution is 2.34. The smallest absolute Gasteiger partial charge is 0.0494 e. The molecule has 1 nitrogen and oxygen atoms in total. The molecule has 46 valence electrons. The standard InChI is InChI=1S/C7H12O/c1-2-7-3-6(1)4-8-5-7/h6-7H,1-5H2. The van der Waals surface area contributed by atoms with Crippen molar-refractivity contribution in [3.63, 3.8) is 0 Å². The number of rotatable bonds is 0. The molecule has 2 fully saturated rings. The predicted octanol–water partition coefficient (Wildman–Crippen LogP) is 1.43.